The number of benzene rings is 1. The smallest absolute Gasteiger partial charge is 0.291 e. The average molecular weight is 491 g/mol. The number of hydrogen-bond donors (Lipinski definition) is 0. The molecule has 5 rings (SSSR count). The Balaban J connectivity index is 1.26. The zero-order chi connectivity index (χ0) is 24.0. The number of piperidine rings is 1. The van der Waals surface area contributed by atoms with E-state index in [0.717, 1.165) is 43.4 Å². The molecule has 0 amide bonds. The highest BCUT2D eigenvalue weighted by Crippen LogP contribution is 2.30. The van der Waals surface area contributed by atoms with Gasteiger partial charge in [0.05, 0.1) is 11.9 Å². The van der Waals surface area contributed by atoms with Gasteiger partial charge in [-0.2, -0.15) is 14.8 Å². The van der Waals surface area contributed by atoms with Crippen molar-refractivity contribution in [2.45, 2.75) is 51.5 Å². The lowest BCUT2D eigenvalue weighted by Crippen LogP contribution is -2.45. The van der Waals surface area contributed by atoms with Crippen LogP contribution in [0.15, 0.2) is 22.7 Å². The van der Waals surface area contributed by atoms with Crippen LogP contribution in [0.4, 0.5) is 4.39 Å². The van der Waals surface area contributed by atoms with Gasteiger partial charge in [0.15, 0.2) is 0 Å². The molecule has 184 valence electrons. The van der Waals surface area contributed by atoms with Crippen LogP contribution >= 0.6 is 0 Å². The van der Waals surface area contributed by atoms with Crippen molar-refractivity contribution >= 4 is 20.9 Å². The van der Waals surface area contributed by atoms with E-state index < -0.39 is 10.0 Å². The van der Waals surface area contributed by atoms with Crippen molar-refractivity contribution in [1.82, 2.24) is 29.1 Å². The topological polar surface area (TPSA) is 97.4 Å². The quantitative estimate of drug-likeness (QED) is 0.524. The maximum atomic E-state index is 14.7. The van der Waals surface area contributed by atoms with Gasteiger partial charge in [0.2, 0.25) is 15.9 Å². The van der Waals surface area contributed by atoms with E-state index in [1.165, 1.54) is 17.0 Å². The molecule has 9 nitrogen and oxygen atoms in total. The summed E-state index contributed by atoms with van der Waals surface area (Å²) in [4.78, 5) is 7.01. The molecule has 1 aromatic carbocycles. The second-order valence-corrected chi connectivity index (χ2v) is 11.8. The van der Waals surface area contributed by atoms with Crippen LogP contribution in [0.2, 0.25) is 0 Å². The fraction of sp³-hybridized carbons (Fsp3) is 0.609. The number of para-hydroxylation sites is 1. The van der Waals surface area contributed by atoms with E-state index in [2.05, 4.69) is 20.1 Å². The third-order valence-electron chi connectivity index (χ3n) is 7.07. The standard InChI is InChI=1S/C23H31FN6O3S/c1-15(2)21-18-5-4-6-19(24)22(18)30(26-21)23-25-20(33-27-23)13-16-7-10-28(14-16)17-8-11-29(12-9-17)34(3,31)32/h4-6,15-17H,7-14H2,1-3H3/t16-/m1/s1. The van der Waals surface area contributed by atoms with Gasteiger partial charge in [-0.1, -0.05) is 26.0 Å². The molecule has 0 radical (unpaired) electrons. The molecule has 2 saturated heterocycles. The minimum atomic E-state index is -3.11. The number of fused-ring (bicyclic) bond motifs is 1. The Labute approximate surface area is 199 Å². The van der Waals surface area contributed by atoms with Gasteiger partial charge < -0.3 is 4.52 Å². The van der Waals surface area contributed by atoms with Crippen molar-refractivity contribution in [1.29, 1.82) is 0 Å². The van der Waals surface area contributed by atoms with Gasteiger partial charge in [-0.3, -0.25) is 4.90 Å². The van der Waals surface area contributed by atoms with Gasteiger partial charge in [0.25, 0.3) is 5.95 Å². The Morgan fingerprint density at radius 2 is 1.94 bits per heavy atom. The fourth-order valence-corrected chi connectivity index (χ4v) is 6.16. The molecule has 0 aliphatic carbocycles. The number of rotatable bonds is 6. The van der Waals surface area contributed by atoms with E-state index >= 15 is 0 Å². The minimum Gasteiger partial charge on any atom is -0.337 e. The third kappa shape index (κ3) is 4.48. The first-order valence-corrected chi connectivity index (χ1v) is 13.7. The number of hydrogen-bond acceptors (Lipinski definition) is 7. The van der Waals surface area contributed by atoms with E-state index in [0.29, 0.717) is 42.9 Å². The maximum absolute atomic E-state index is 14.7. The van der Waals surface area contributed by atoms with Crippen molar-refractivity contribution in [3.05, 3.63) is 35.6 Å². The molecule has 0 spiro atoms. The lowest BCUT2D eigenvalue weighted by Gasteiger charge is -2.35. The van der Waals surface area contributed by atoms with Crippen LogP contribution in [0.1, 0.15) is 50.6 Å². The first-order chi connectivity index (χ1) is 16.2. The molecule has 3 aromatic rings. The number of nitrogens with zero attached hydrogens (tertiary/aromatic N) is 6. The summed E-state index contributed by atoms with van der Waals surface area (Å²) in [5, 5.41) is 9.46. The van der Waals surface area contributed by atoms with Gasteiger partial charge >= 0.3 is 0 Å². The number of aromatic nitrogens is 4. The average Bonchev–Trinajstić information content (AvgIpc) is 3.52. The van der Waals surface area contributed by atoms with Crippen LogP contribution < -0.4 is 0 Å². The second-order valence-electron chi connectivity index (χ2n) is 9.82. The first-order valence-electron chi connectivity index (χ1n) is 11.9. The van der Waals surface area contributed by atoms with Gasteiger partial charge in [-0.25, -0.2) is 17.1 Å². The van der Waals surface area contributed by atoms with E-state index in [9.17, 15) is 12.8 Å². The van der Waals surface area contributed by atoms with Gasteiger partial charge in [0, 0.05) is 37.5 Å². The molecule has 2 aliphatic heterocycles. The Kier molecular flexibility index (Phi) is 6.19. The minimum absolute atomic E-state index is 0.130. The van der Waals surface area contributed by atoms with Crippen molar-refractivity contribution < 1.29 is 17.3 Å². The predicted octanol–water partition coefficient (Wildman–Crippen LogP) is 2.96. The van der Waals surface area contributed by atoms with Crippen LogP contribution in [0, 0.1) is 11.7 Å². The molecule has 1 atom stereocenters. The Morgan fingerprint density at radius 1 is 1.18 bits per heavy atom. The van der Waals surface area contributed by atoms with Crippen LogP contribution in [0.25, 0.3) is 16.9 Å². The monoisotopic (exact) mass is 490 g/mol. The van der Waals surface area contributed by atoms with E-state index in [1.54, 1.807) is 10.4 Å². The van der Waals surface area contributed by atoms with Gasteiger partial charge in [0.1, 0.15) is 11.3 Å². The predicted molar refractivity (Wildman–Crippen MR) is 126 cm³/mol. The molecule has 0 bridgehead atoms. The Morgan fingerprint density at radius 3 is 2.65 bits per heavy atom. The fourth-order valence-electron chi connectivity index (χ4n) is 5.28. The van der Waals surface area contributed by atoms with Crippen LogP contribution in [-0.2, 0) is 16.4 Å². The first kappa shape index (κ1) is 23.4. The third-order valence-corrected chi connectivity index (χ3v) is 8.37. The zero-order valence-electron chi connectivity index (χ0n) is 19.8. The van der Waals surface area contributed by atoms with Crippen LogP contribution in [-0.4, -0.2) is 76.0 Å². The highest BCUT2D eigenvalue weighted by atomic mass is 32.2. The van der Waals surface area contributed by atoms with Crippen LogP contribution in [0.3, 0.4) is 0 Å². The summed E-state index contributed by atoms with van der Waals surface area (Å²) in [5.41, 5.74) is 1.17. The molecule has 4 heterocycles. The van der Waals surface area contributed by atoms with E-state index in [1.807, 2.05) is 19.9 Å². The SMILES string of the molecule is CC(C)c1nn(-c2noc(C[C@H]3CCN(C4CCN(S(C)(=O)=O)CC4)C3)n2)c2c(F)cccc12. The maximum Gasteiger partial charge on any atom is 0.291 e. The molecule has 2 aromatic heterocycles. The van der Waals surface area contributed by atoms with Crippen LogP contribution in [0.5, 0.6) is 0 Å². The molecular weight excluding hydrogens is 459 g/mol. The number of halogens is 1. The summed E-state index contributed by atoms with van der Waals surface area (Å²) >= 11 is 0. The molecule has 0 saturated carbocycles. The van der Waals surface area contributed by atoms with Gasteiger partial charge in [-0.05, 0) is 48.9 Å². The zero-order valence-corrected chi connectivity index (χ0v) is 20.6. The summed E-state index contributed by atoms with van der Waals surface area (Å²) in [6.45, 7) is 7.14. The Bertz CT molecular complexity index is 1280. The second kappa shape index (κ2) is 9.01. The summed E-state index contributed by atoms with van der Waals surface area (Å²) in [5.74, 6) is 0.931. The normalized spacial score (nSPS) is 21.3. The molecule has 0 unspecified atom stereocenters. The summed E-state index contributed by atoms with van der Waals surface area (Å²) in [6.07, 6.45) is 4.69. The molecule has 0 N–H and O–H groups in total. The molecular formula is C23H31FN6O3S. The molecule has 2 aliphatic rings. The summed E-state index contributed by atoms with van der Waals surface area (Å²) in [7, 11) is -3.11. The largest absolute Gasteiger partial charge is 0.337 e. The van der Waals surface area contributed by atoms with Crippen molar-refractivity contribution in [2.24, 2.45) is 5.92 Å². The number of sulfonamides is 1. The summed E-state index contributed by atoms with van der Waals surface area (Å²) in [6, 6.07) is 5.38. The van der Waals surface area contributed by atoms with Crippen molar-refractivity contribution in [3.63, 3.8) is 0 Å². The number of likely N-dealkylation sites (tertiary alicyclic amines) is 1. The molecule has 34 heavy (non-hydrogen) atoms. The van der Waals surface area contributed by atoms with E-state index in [-0.39, 0.29) is 17.7 Å². The highest BCUT2D eigenvalue weighted by molar-refractivity contribution is 7.88. The molecule has 11 heteroatoms. The van der Waals surface area contributed by atoms with Crippen molar-refractivity contribution in [2.75, 3.05) is 32.4 Å². The molecule has 2 fully saturated rings. The highest BCUT2D eigenvalue weighted by Gasteiger charge is 2.33. The van der Waals surface area contributed by atoms with Crippen molar-refractivity contribution in [3.8, 4) is 5.95 Å². The lowest BCUT2D eigenvalue weighted by molar-refractivity contribution is 0.162. The van der Waals surface area contributed by atoms with Gasteiger partial charge in [-0.15, -0.1) is 0 Å². The van der Waals surface area contributed by atoms with E-state index in [4.69, 9.17) is 4.52 Å². The summed E-state index contributed by atoms with van der Waals surface area (Å²) < 4.78 is 46.7. The lowest BCUT2D eigenvalue weighted by atomic mass is 10.0. The Hall–Kier alpha value is -2.37.